The molecule has 146 heavy (non-hydrogen) atoms. The van der Waals surface area contributed by atoms with Gasteiger partial charge >= 0.3 is 23.9 Å². The molecule has 2 aromatic heterocycles. The van der Waals surface area contributed by atoms with Crippen molar-refractivity contribution >= 4 is 158 Å². The Bertz CT molecular complexity index is 5630. The van der Waals surface area contributed by atoms with Gasteiger partial charge in [-0.1, -0.05) is 88.1 Å². The quantitative estimate of drug-likeness (QED) is 0.0185. The van der Waals surface area contributed by atoms with Crippen molar-refractivity contribution in [2.24, 2.45) is 17.2 Å². The average molecular weight is 2060 g/mol. The van der Waals surface area contributed by atoms with Gasteiger partial charge in [0.15, 0.2) is 0 Å². The van der Waals surface area contributed by atoms with Gasteiger partial charge in [-0.05, 0) is 112 Å². The highest BCUT2D eigenvalue weighted by molar-refractivity contribution is 8.00. The predicted octanol–water partition coefficient (Wildman–Crippen LogP) is -3.66. The highest BCUT2D eigenvalue weighted by Crippen LogP contribution is 2.30. The molecule has 0 radical (unpaired) electrons. The van der Waals surface area contributed by atoms with E-state index in [0.717, 1.165) is 24.5 Å². The molecule has 17 amide bonds. The number of aliphatic hydroxyl groups is 1. The molecule has 6 heterocycles. The SMILES string of the molecule is C#CC[C@H](NC(=O)CNC(=O)[C@@H]1CSCC(=O)N[C@@H](Cc2ccc(OC)cc2)C(=O)N2CCCC[C@H]2C(=O)N[C@@H](CC(=O)O)C(=O)N2CCC[C@H]2C(=O)N[C@@H](CN)C(=O)N[C@@H](CCC(N)=O)C(=O)N2C[C@H](O)C[C@H]2C(=O)N[C@@H](Cc2c[nH]c3ccccc23)C(=O)N[C@@H](CCN)C(=O)N[C@@H](Cc2cn(CC(=O)O)c3ccccc23)C(=O)N(C)[C@@H](CCCC)C(=O)N(C)[C@@H](CCCC)C(=O)N[C@@H](CCC(=O)O)C(=O)N1)C(=O)O. The first kappa shape index (κ1) is 115. The number of aromatic amines is 1. The van der Waals surface area contributed by atoms with Crippen LogP contribution < -0.4 is 80.4 Å². The number of carboxylic acid groups (broad SMARTS) is 4. The number of piperidine rings is 1. The molecular formula is C97H131N21O27S. The van der Waals surface area contributed by atoms with E-state index in [0.29, 0.717) is 69.7 Å². The topological polar surface area (TPSA) is 716 Å². The number of H-pyrrole nitrogens is 1. The van der Waals surface area contributed by atoms with Crippen LogP contribution in [0.4, 0.5) is 0 Å². The number of hydrogen-bond acceptors (Lipinski definition) is 26. The van der Waals surface area contributed by atoms with Gasteiger partial charge in [0.25, 0.3) is 0 Å². The van der Waals surface area contributed by atoms with Crippen LogP contribution >= 0.6 is 11.8 Å². The molecule has 0 unspecified atom stereocenters. The number of nitrogens with zero attached hydrogens (tertiary/aromatic N) is 6. The van der Waals surface area contributed by atoms with E-state index in [1.54, 1.807) is 92.8 Å². The van der Waals surface area contributed by atoms with E-state index in [9.17, 15) is 83.1 Å². The fourth-order valence-electron chi connectivity index (χ4n) is 18.2. The van der Waals surface area contributed by atoms with E-state index in [1.807, 2.05) is 0 Å². The number of carboxylic acids is 4. The molecule has 0 aliphatic carbocycles. The number of fused-ring (bicyclic) bond motifs is 5. The van der Waals surface area contributed by atoms with Gasteiger partial charge in [-0.25, -0.2) is 4.79 Å². The molecular weight excluding hydrogens is 1920 g/mol. The van der Waals surface area contributed by atoms with Crippen molar-refractivity contribution in [2.45, 2.75) is 258 Å². The van der Waals surface area contributed by atoms with Gasteiger partial charge in [-0.15, -0.1) is 24.1 Å². The number of hydrogen-bond donors (Lipinski definition) is 20. The van der Waals surface area contributed by atoms with Crippen LogP contribution in [0, 0.1) is 12.3 Å². The molecule has 3 aromatic carbocycles. The summed E-state index contributed by atoms with van der Waals surface area (Å²) in [6.07, 6.45) is 1.97. The lowest BCUT2D eigenvalue weighted by atomic mass is 9.97. The minimum absolute atomic E-state index is 0.0857. The van der Waals surface area contributed by atoms with E-state index >= 15 is 43.2 Å². The highest BCUT2D eigenvalue weighted by atomic mass is 32.2. The number of aromatic nitrogens is 2. The molecule has 16 atom stereocenters. The number of aliphatic carboxylic acids is 4. The van der Waals surface area contributed by atoms with Crippen molar-refractivity contribution in [1.29, 1.82) is 0 Å². The number of ether oxygens (including phenoxy) is 1. The lowest BCUT2D eigenvalue weighted by Gasteiger charge is -2.38. The Morgan fingerprint density at radius 1 is 0.548 bits per heavy atom. The Morgan fingerprint density at radius 3 is 1.73 bits per heavy atom. The number of terminal acetylenes is 1. The molecule has 4 saturated heterocycles. The molecule has 0 saturated carbocycles. The van der Waals surface area contributed by atoms with Crippen molar-refractivity contribution in [1.82, 2.24) is 92.5 Å². The fourth-order valence-corrected chi connectivity index (χ4v) is 19.0. The molecule has 4 aliphatic rings. The first-order valence-corrected chi connectivity index (χ1v) is 49.5. The fraction of sp³-hybridized carbons (Fsp3) is 0.536. The molecule has 4 fully saturated rings. The molecule has 23 N–H and O–H groups in total. The van der Waals surface area contributed by atoms with Crippen LogP contribution in [-0.2, 0) is 126 Å². The van der Waals surface area contributed by atoms with Gasteiger partial charge in [0, 0.05) is 125 Å². The number of nitrogens with two attached hydrogens (primary N) is 3. The minimum Gasteiger partial charge on any atom is -0.497 e. The van der Waals surface area contributed by atoms with Crippen molar-refractivity contribution in [3.05, 3.63) is 102 Å². The molecule has 9 rings (SSSR count). The predicted molar refractivity (Wildman–Crippen MR) is 525 cm³/mol. The summed E-state index contributed by atoms with van der Waals surface area (Å²) in [7, 11) is 3.90. The van der Waals surface area contributed by atoms with E-state index < -0.39 is 310 Å². The average Bonchev–Trinajstić information content (AvgIpc) is 1.57. The number of carbonyl (C=O) groups is 21. The van der Waals surface area contributed by atoms with Gasteiger partial charge in [0.2, 0.25) is 100 Å². The number of likely N-dealkylation sites (N-methyl/N-ethyl adjacent to an activating group) is 2. The number of methoxy groups -OCH3 is 1. The Balaban J connectivity index is 1.13. The zero-order chi connectivity index (χ0) is 107. The normalized spacial score (nSPS) is 24.3. The summed E-state index contributed by atoms with van der Waals surface area (Å²) in [5, 5.41) is 80.6. The van der Waals surface area contributed by atoms with Gasteiger partial charge < -0.3 is 140 Å². The number of para-hydroxylation sites is 2. The second kappa shape index (κ2) is 55.3. The van der Waals surface area contributed by atoms with E-state index in [1.165, 1.54) is 32.0 Å². The second-order valence-electron chi connectivity index (χ2n) is 36.4. The number of unbranched alkanes of at least 4 members (excludes halogenated alkanes) is 2. The number of rotatable bonds is 32. The number of aliphatic hydroxyl groups excluding tert-OH is 1. The lowest BCUT2D eigenvalue weighted by Crippen LogP contribution is -2.62. The Labute approximate surface area is 844 Å². The largest absolute Gasteiger partial charge is 0.497 e. The number of nitrogens with one attached hydrogen (secondary N) is 12. The van der Waals surface area contributed by atoms with Gasteiger partial charge in [0.05, 0.1) is 31.9 Å². The van der Waals surface area contributed by atoms with Crippen LogP contribution in [0.5, 0.6) is 5.75 Å². The molecule has 49 heteroatoms. The summed E-state index contributed by atoms with van der Waals surface area (Å²) in [5.74, 6) is -22.5. The van der Waals surface area contributed by atoms with Crippen molar-refractivity contribution in [3.63, 3.8) is 0 Å². The smallest absolute Gasteiger partial charge is 0.327 e. The summed E-state index contributed by atoms with van der Waals surface area (Å²) in [5.41, 5.74) is 20.1. The van der Waals surface area contributed by atoms with E-state index in [-0.39, 0.29) is 95.8 Å². The maximum Gasteiger partial charge on any atom is 0.327 e. The molecule has 792 valence electrons. The first-order valence-electron chi connectivity index (χ1n) is 48.4. The van der Waals surface area contributed by atoms with Crippen LogP contribution in [-0.4, -0.2) is 353 Å². The molecule has 48 nitrogen and oxygen atoms in total. The molecule has 0 bridgehead atoms. The Morgan fingerprint density at radius 2 is 1.10 bits per heavy atom. The summed E-state index contributed by atoms with van der Waals surface area (Å²) in [6.45, 7) is -0.0341. The summed E-state index contributed by atoms with van der Waals surface area (Å²) >= 11 is 0.651. The zero-order valence-electron chi connectivity index (χ0n) is 81.9. The number of benzene rings is 3. The maximum absolute atomic E-state index is 16.0. The van der Waals surface area contributed by atoms with Gasteiger partial charge in [0.1, 0.15) is 103 Å². The number of thioether (sulfide) groups is 1. The van der Waals surface area contributed by atoms with Crippen molar-refractivity contribution < 1.29 is 131 Å². The van der Waals surface area contributed by atoms with Crippen LogP contribution in [0.2, 0.25) is 0 Å². The first-order chi connectivity index (χ1) is 69.6. The van der Waals surface area contributed by atoms with Crippen LogP contribution in [0.3, 0.4) is 0 Å². The zero-order valence-corrected chi connectivity index (χ0v) is 82.7. The standard InChI is InChI=1S/C97H131N21O27S/c1-7-10-23-72-88(134)106-61(33-35-80(123)124)84(130)112-70(83(129)102-47-78(121)103-64(19-9-3)97(143)144)51-146-52-79(122)104-66(40-53-28-30-57(145-6)31-29-53)94(140)116-38-17-16-26-73(116)89(135)110-68(44-81(125)126)95(141)117-39-18-27-74(117)90(136)111-69(45-99)87(133)107-63(32-34-77(100)120)93(139)118-49-56(119)43-76(118)91(137)108-65(41-54-46-101-60-22-14-12-20-58(54)60)86(132)105-62(36-37-98)85(131)109-67(92(138)114(5)75(24-11-8-2)96(142)113(72)4)42-55-48-115(50-82(127)128)71-25-15-13-21-59(55)71/h3,12-15,20-22,25,28-31,46,48,56,61-70,72-76,101,119H,7-8,10-11,16-19,23-24,26-27,32-45,47,49-52,98-99H2,1-2,4-6H3,(H2,100,120)(H,102,129)(H,103,121)(H,104,122)(H,105,132)(H,106,134)(H,107,133)(H,108,137)(H,109,131)(H,110,135)(H,111,136)(H,112,130)(H,123,124)(H,125,126)(H,127,128)(H,143,144)/t56-,61+,62+,63+,64+,65+,66+,67+,68+,69+,70+,72+,73+,74+,75+,76+/m1/s1. The Kier molecular flexibility index (Phi) is 43.5. The maximum atomic E-state index is 16.0. The third-order valence-corrected chi connectivity index (χ3v) is 26.9. The van der Waals surface area contributed by atoms with Crippen LogP contribution in [0.25, 0.3) is 21.8 Å². The van der Waals surface area contributed by atoms with Crippen molar-refractivity contribution in [3.8, 4) is 18.1 Å². The summed E-state index contributed by atoms with van der Waals surface area (Å²) in [6, 6.07) is -5.79. The van der Waals surface area contributed by atoms with Crippen LogP contribution in [0.15, 0.2) is 85.2 Å². The molecule has 0 spiro atoms. The second-order valence-corrected chi connectivity index (χ2v) is 37.4. The lowest BCUT2D eigenvalue weighted by molar-refractivity contribution is -0.149. The van der Waals surface area contributed by atoms with Crippen molar-refractivity contribution in [2.75, 3.05) is 72.0 Å². The van der Waals surface area contributed by atoms with Gasteiger partial charge in [-0.3, -0.25) is 95.9 Å². The summed E-state index contributed by atoms with van der Waals surface area (Å²) < 4.78 is 6.75. The minimum atomic E-state index is -1.95. The Hall–Kier alpha value is -14.8. The van der Waals surface area contributed by atoms with E-state index in [4.69, 9.17) is 28.4 Å². The molecule has 4 aliphatic heterocycles. The summed E-state index contributed by atoms with van der Waals surface area (Å²) in [4.78, 5) is 311. The number of carbonyl (C=O) groups excluding carboxylic acids is 17. The monoisotopic (exact) mass is 2050 g/mol. The van der Waals surface area contributed by atoms with Gasteiger partial charge in [-0.2, -0.15) is 0 Å². The van der Waals surface area contributed by atoms with E-state index in [2.05, 4.69) is 69.4 Å². The number of amides is 17. The third kappa shape index (κ3) is 31.9. The highest BCUT2D eigenvalue weighted by Gasteiger charge is 2.48. The third-order valence-electron chi connectivity index (χ3n) is 25.9. The number of primary amides is 1. The van der Waals surface area contributed by atoms with Crippen LogP contribution in [0.1, 0.15) is 153 Å². The molecule has 5 aromatic rings.